The summed E-state index contributed by atoms with van der Waals surface area (Å²) in [6.07, 6.45) is 0. The summed E-state index contributed by atoms with van der Waals surface area (Å²) in [5.41, 5.74) is 3.66. The third-order valence-corrected chi connectivity index (χ3v) is 4.61. The number of methoxy groups -OCH3 is 1. The fraction of sp³-hybridized carbons (Fsp3) is 0.381. The van der Waals surface area contributed by atoms with Crippen molar-refractivity contribution in [2.75, 3.05) is 45.4 Å². The van der Waals surface area contributed by atoms with Crippen LogP contribution in [0.1, 0.15) is 11.1 Å². The Labute approximate surface area is 184 Å². The lowest BCUT2D eigenvalue weighted by Gasteiger charge is -2.30. The standard InChI is InChI=1S/C21H28N4O2.HI/c1-22-21(23-15-17-6-5-8-19(14-17)26-2)24-16-18-7-3-4-9-20(18)25-10-12-27-13-11-25;/h3-9,14H,10-13,15-16H2,1-2H3,(H2,22,23,24);1H. The molecular formula is C21H29IN4O2. The molecule has 0 amide bonds. The van der Waals surface area contributed by atoms with Crippen molar-refractivity contribution in [1.82, 2.24) is 10.6 Å². The molecule has 1 heterocycles. The number of nitrogens with one attached hydrogen (secondary N) is 2. The van der Waals surface area contributed by atoms with E-state index in [1.165, 1.54) is 11.3 Å². The lowest BCUT2D eigenvalue weighted by atomic mass is 10.1. The lowest BCUT2D eigenvalue weighted by Crippen LogP contribution is -2.38. The second-order valence-corrected chi connectivity index (χ2v) is 6.36. The molecule has 3 rings (SSSR count). The predicted molar refractivity (Wildman–Crippen MR) is 125 cm³/mol. The van der Waals surface area contributed by atoms with Crippen LogP contribution < -0.4 is 20.3 Å². The number of hydrogen-bond acceptors (Lipinski definition) is 4. The van der Waals surface area contributed by atoms with Crippen LogP contribution in [-0.4, -0.2) is 46.4 Å². The maximum atomic E-state index is 5.47. The van der Waals surface area contributed by atoms with Crippen LogP contribution in [0.2, 0.25) is 0 Å². The molecule has 1 aliphatic rings. The van der Waals surface area contributed by atoms with Crippen molar-refractivity contribution < 1.29 is 9.47 Å². The molecule has 6 nitrogen and oxygen atoms in total. The van der Waals surface area contributed by atoms with Crippen LogP contribution in [0, 0.1) is 0 Å². The van der Waals surface area contributed by atoms with Gasteiger partial charge in [-0.2, -0.15) is 0 Å². The highest BCUT2D eigenvalue weighted by atomic mass is 127. The number of guanidine groups is 1. The monoisotopic (exact) mass is 496 g/mol. The van der Waals surface area contributed by atoms with Crippen molar-refractivity contribution >= 4 is 35.6 Å². The second kappa shape index (κ2) is 11.8. The molecule has 0 saturated carbocycles. The maximum Gasteiger partial charge on any atom is 0.191 e. The maximum absolute atomic E-state index is 5.47. The van der Waals surface area contributed by atoms with Crippen molar-refractivity contribution in [3.05, 3.63) is 59.7 Å². The average Bonchev–Trinajstić information content (AvgIpc) is 2.75. The fourth-order valence-electron chi connectivity index (χ4n) is 3.14. The van der Waals surface area contributed by atoms with Gasteiger partial charge in [0.05, 0.1) is 20.3 Å². The zero-order valence-corrected chi connectivity index (χ0v) is 18.8. The Hall–Kier alpha value is -2.00. The van der Waals surface area contributed by atoms with Gasteiger partial charge in [-0.15, -0.1) is 24.0 Å². The van der Waals surface area contributed by atoms with Gasteiger partial charge in [0.2, 0.25) is 0 Å². The molecule has 0 aromatic heterocycles. The quantitative estimate of drug-likeness (QED) is 0.366. The largest absolute Gasteiger partial charge is 0.497 e. The minimum Gasteiger partial charge on any atom is -0.497 e. The summed E-state index contributed by atoms with van der Waals surface area (Å²) in [5.74, 6) is 1.63. The zero-order chi connectivity index (χ0) is 18.9. The molecule has 1 aliphatic heterocycles. The zero-order valence-electron chi connectivity index (χ0n) is 16.5. The molecule has 1 saturated heterocycles. The first-order chi connectivity index (χ1) is 13.3. The minimum atomic E-state index is 0. The topological polar surface area (TPSA) is 58.1 Å². The van der Waals surface area contributed by atoms with Gasteiger partial charge in [-0.1, -0.05) is 30.3 Å². The molecule has 0 atom stereocenters. The van der Waals surface area contributed by atoms with E-state index >= 15 is 0 Å². The summed E-state index contributed by atoms with van der Waals surface area (Å²) in [6, 6.07) is 16.5. The van der Waals surface area contributed by atoms with Crippen LogP contribution in [0.5, 0.6) is 5.75 Å². The van der Waals surface area contributed by atoms with Gasteiger partial charge >= 0.3 is 0 Å². The third kappa shape index (κ3) is 6.27. The third-order valence-electron chi connectivity index (χ3n) is 4.61. The molecule has 2 N–H and O–H groups in total. The molecule has 0 bridgehead atoms. The van der Waals surface area contributed by atoms with Crippen LogP contribution in [-0.2, 0) is 17.8 Å². The molecular weight excluding hydrogens is 467 g/mol. The summed E-state index contributed by atoms with van der Waals surface area (Å²) in [5, 5.41) is 6.77. The van der Waals surface area contributed by atoms with Gasteiger partial charge in [-0.25, -0.2) is 0 Å². The fourth-order valence-corrected chi connectivity index (χ4v) is 3.14. The van der Waals surface area contributed by atoms with Crippen molar-refractivity contribution in [1.29, 1.82) is 0 Å². The number of hydrogen-bond donors (Lipinski definition) is 2. The molecule has 2 aromatic carbocycles. The summed E-state index contributed by atoms with van der Waals surface area (Å²) in [7, 11) is 3.47. The molecule has 0 aliphatic carbocycles. The van der Waals surface area contributed by atoms with Crippen LogP contribution in [0.15, 0.2) is 53.5 Å². The van der Waals surface area contributed by atoms with Gasteiger partial charge in [0.15, 0.2) is 5.96 Å². The number of ether oxygens (including phenoxy) is 2. The first kappa shape index (κ1) is 22.3. The Bertz CT molecular complexity index is 764. The van der Waals surface area contributed by atoms with E-state index in [0.717, 1.165) is 43.6 Å². The van der Waals surface area contributed by atoms with Crippen molar-refractivity contribution in [2.24, 2.45) is 4.99 Å². The molecule has 2 aromatic rings. The molecule has 28 heavy (non-hydrogen) atoms. The Morgan fingerprint density at radius 3 is 2.57 bits per heavy atom. The molecule has 0 radical (unpaired) electrons. The Balaban J connectivity index is 0.00000280. The van der Waals surface area contributed by atoms with E-state index in [9.17, 15) is 0 Å². The average molecular weight is 496 g/mol. The number of anilines is 1. The number of benzene rings is 2. The van der Waals surface area contributed by atoms with Gasteiger partial charge in [0.1, 0.15) is 5.75 Å². The van der Waals surface area contributed by atoms with Gasteiger partial charge in [0, 0.05) is 38.9 Å². The van der Waals surface area contributed by atoms with Crippen LogP contribution in [0.4, 0.5) is 5.69 Å². The van der Waals surface area contributed by atoms with Crippen molar-refractivity contribution in [3.63, 3.8) is 0 Å². The first-order valence-electron chi connectivity index (χ1n) is 9.28. The summed E-state index contributed by atoms with van der Waals surface area (Å²) >= 11 is 0. The number of halogens is 1. The van der Waals surface area contributed by atoms with Crippen molar-refractivity contribution in [3.8, 4) is 5.75 Å². The van der Waals surface area contributed by atoms with Crippen LogP contribution >= 0.6 is 24.0 Å². The van der Waals surface area contributed by atoms with E-state index < -0.39 is 0 Å². The minimum absolute atomic E-state index is 0. The van der Waals surface area contributed by atoms with E-state index in [1.54, 1.807) is 14.2 Å². The SMILES string of the molecule is CN=C(NCc1cccc(OC)c1)NCc1ccccc1N1CCOCC1.I. The number of aliphatic imine (C=N–C) groups is 1. The van der Waals surface area contributed by atoms with Gasteiger partial charge in [-0.3, -0.25) is 4.99 Å². The molecule has 0 unspecified atom stereocenters. The summed E-state index contributed by atoms with van der Waals surface area (Å²) < 4.78 is 10.7. The van der Waals surface area contributed by atoms with E-state index in [0.29, 0.717) is 13.1 Å². The van der Waals surface area contributed by atoms with Crippen LogP contribution in [0.25, 0.3) is 0 Å². The Kier molecular flexibility index (Phi) is 9.36. The number of morpholine rings is 1. The molecule has 152 valence electrons. The van der Waals surface area contributed by atoms with Crippen molar-refractivity contribution in [2.45, 2.75) is 13.1 Å². The Morgan fingerprint density at radius 1 is 1.07 bits per heavy atom. The summed E-state index contributed by atoms with van der Waals surface area (Å²) in [6.45, 7) is 4.82. The first-order valence-corrected chi connectivity index (χ1v) is 9.28. The second-order valence-electron chi connectivity index (χ2n) is 6.36. The van der Waals surface area contributed by atoms with E-state index in [2.05, 4.69) is 50.9 Å². The molecule has 7 heteroatoms. The lowest BCUT2D eigenvalue weighted by molar-refractivity contribution is 0.122. The van der Waals surface area contributed by atoms with Gasteiger partial charge in [-0.05, 0) is 29.3 Å². The van der Waals surface area contributed by atoms with Crippen LogP contribution in [0.3, 0.4) is 0 Å². The Morgan fingerprint density at radius 2 is 1.82 bits per heavy atom. The number of nitrogens with zero attached hydrogens (tertiary/aromatic N) is 2. The predicted octanol–water partition coefficient (Wildman–Crippen LogP) is 3.02. The molecule has 1 fully saturated rings. The highest BCUT2D eigenvalue weighted by Crippen LogP contribution is 2.21. The molecule has 0 spiro atoms. The number of para-hydroxylation sites is 1. The summed E-state index contributed by atoms with van der Waals surface area (Å²) in [4.78, 5) is 6.71. The van der Waals surface area contributed by atoms with Gasteiger partial charge < -0.3 is 25.0 Å². The normalized spacial score (nSPS) is 14.2. The number of rotatable bonds is 6. The van der Waals surface area contributed by atoms with Gasteiger partial charge in [0.25, 0.3) is 0 Å². The highest BCUT2D eigenvalue weighted by molar-refractivity contribution is 14.0. The highest BCUT2D eigenvalue weighted by Gasteiger charge is 2.14. The van der Waals surface area contributed by atoms with E-state index in [4.69, 9.17) is 9.47 Å². The van der Waals surface area contributed by atoms with E-state index in [-0.39, 0.29) is 24.0 Å². The van der Waals surface area contributed by atoms with E-state index in [1.807, 2.05) is 18.2 Å². The smallest absolute Gasteiger partial charge is 0.191 e.